The summed E-state index contributed by atoms with van der Waals surface area (Å²) in [6, 6.07) is 5.69. The Morgan fingerprint density at radius 3 is 2.05 bits per heavy atom. The highest BCUT2D eigenvalue weighted by Gasteiger charge is 2.30. The van der Waals surface area contributed by atoms with Crippen molar-refractivity contribution in [3.05, 3.63) is 35.4 Å². The SMILES string of the molecule is CNC(CSC(C)(C)C)Cc1ccc(C(F)(F)F)cc1. The molecule has 0 aliphatic rings. The number of hydrogen-bond acceptors (Lipinski definition) is 2. The van der Waals surface area contributed by atoms with E-state index in [0.717, 1.165) is 29.9 Å². The van der Waals surface area contributed by atoms with Gasteiger partial charge in [-0.15, -0.1) is 0 Å². The van der Waals surface area contributed by atoms with Crippen LogP contribution >= 0.6 is 11.8 Å². The predicted molar refractivity (Wildman–Crippen MR) is 80.2 cm³/mol. The molecule has 1 aromatic rings. The fourth-order valence-corrected chi connectivity index (χ4v) is 2.69. The van der Waals surface area contributed by atoms with Gasteiger partial charge in [-0.1, -0.05) is 32.9 Å². The molecule has 0 fully saturated rings. The summed E-state index contributed by atoms with van der Waals surface area (Å²) in [4.78, 5) is 0. The summed E-state index contributed by atoms with van der Waals surface area (Å²) < 4.78 is 37.6. The molecule has 20 heavy (non-hydrogen) atoms. The lowest BCUT2D eigenvalue weighted by molar-refractivity contribution is -0.137. The highest BCUT2D eigenvalue weighted by Crippen LogP contribution is 2.29. The van der Waals surface area contributed by atoms with Crippen molar-refractivity contribution in [2.75, 3.05) is 12.8 Å². The van der Waals surface area contributed by atoms with Crippen molar-refractivity contribution in [1.82, 2.24) is 5.32 Å². The van der Waals surface area contributed by atoms with Gasteiger partial charge in [-0.05, 0) is 31.2 Å². The number of benzene rings is 1. The first kappa shape index (κ1) is 17.4. The van der Waals surface area contributed by atoms with Crippen LogP contribution in [0.15, 0.2) is 24.3 Å². The maximum atomic E-state index is 12.5. The molecular weight excluding hydrogens is 283 g/mol. The van der Waals surface area contributed by atoms with Gasteiger partial charge in [-0.3, -0.25) is 0 Å². The van der Waals surface area contributed by atoms with Crippen molar-refractivity contribution in [3.8, 4) is 0 Å². The average molecular weight is 305 g/mol. The first-order valence-corrected chi connectivity index (χ1v) is 7.58. The summed E-state index contributed by atoms with van der Waals surface area (Å²) in [5, 5.41) is 3.22. The van der Waals surface area contributed by atoms with Crippen molar-refractivity contribution >= 4 is 11.8 Å². The van der Waals surface area contributed by atoms with Gasteiger partial charge >= 0.3 is 6.18 Å². The van der Waals surface area contributed by atoms with E-state index in [2.05, 4.69) is 26.1 Å². The molecule has 0 aromatic heterocycles. The Morgan fingerprint density at radius 2 is 1.65 bits per heavy atom. The fraction of sp³-hybridized carbons (Fsp3) is 0.600. The summed E-state index contributed by atoms with van der Waals surface area (Å²) in [5.41, 5.74) is 0.332. The lowest BCUT2D eigenvalue weighted by Gasteiger charge is -2.23. The van der Waals surface area contributed by atoms with E-state index in [-0.39, 0.29) is 10.8 Å². The van der Waals surface area contributed by atoms with Crippen molar-refractivity contribution in [3.63, 3.8) is 0 Å². The topological polar surface area (TPSA) is 12.0 Å². The molecule has 1 rings (SSSR count). The van der Waals surface area contributed by atoms with Gasteiger partial charge in [-0.2, -0.15) is 24.9 Å². The lowest BCUT2D eigenvalue weighted by atomic mass is 10.1. The Labute approximate surface area is 123 Å². The molecule has 0 aliphatic carbocycles. The molecule has 0 radical (unpaired) electrons. The van der Waals surface area contributed by atoms with E-state index < -0.39 is 11.7 Å². The predicted octanol–water partition coefficient (Wildman–Crippen LogP) is 4.37. The minimum Gasteiger partial charge on any atom is -0.316 e. The van der Waals surface area contributed by atoms with Crippen molar-refractivity contribution < 1.29 is 13.2 Å². The molecule has 0 spiro atoms. The van der Waals surface area contributed by atoms with Gasteiger partial charge in [-0.25, -0.2) is 0 Å². The zero-order valence-electron chi connectivity index (χ0n) is 12.3. The van der Waals surface area contributed by atoms with Crippen molar-refractivity contribution in [1.29, 1.82) is 0 Å². The lowest BCUT2D eigenvalue weighted by Crippen LogP contribution is -2.31. The average Bonchev–Trinajstić information content (AvgIpc) is 2.33. The monoisotopic (exact) mass is 305 g/mol. The van der Waals surface area contributed by atoms with Gasteiger partial charge in [0.15, 0.2) is 0 Å². The number of thioether (sulfide) groups is 1. The van der Waals surface area contributed by atoms with Gasteiger partial charge in [0.05, 0.1) is 5.56 Å². The number of likely N-dealkylation sites (N-methyl/N-ethyl adjacent to an activating group) is 1. The Balaban J connectivity index is 2.62. The van der Waals surface area contributed by atoms with Gasteiger partial charge < -0.3 is 5.32 Å². The molecule has 1 aromatic carbocycles. The van der Waals surface area contributed by atoms with E-state index in [0.29, 0.717) is 0 Å². The van der Waals surface area contributed by atoms with E-state index in [1.165, 1.54) is 0 Å². The van der Waals surface area contributed by atoms with Gasteiger partial charge in [0.25, 0.3) is 0 Å². The van der Waals surface area contributed by atoms with E-state index in [1.54, 1.807) is 12.1 Å². The summed E-state index contributed by atoms with van der Waals surface area (Å²) in [6.45, 7) is 6.47. The Kier molecular flexibility index (Phi) is 5.95. The van der Waals surface area contributed by atoms with E-state index in [4.69, 9.17) is 0 Å². The quantitative estimate of drug-likeness (QED) is 0.867. The minimum absolute atomic E-state index is 0.190. The van der Waals surface area contributed by atoms with Crippen LogP contribution in [0.2, 0.25) is 0 Å². The van der Waals surface area contributed by atoms with E-state index in [1.807, 2.05) is 18.8 Å². The maximum Gasteiger partial charge on any atom is 0.416 e. The molecule has 0 bridgehead atoms. The van der Waals surface area contributed by atoms with Crippen LogP contribution in [0.25, 0.3) is 0 Å². The van der Waals surface area contributed by atoms with Crippen molar-refractivity contribution in [2.24, 2.45) is 0 Å². The fourth-order valence-electron chi connectivity index (χ4n) is 1.71. The Bertz CT molecular complexity index is 407. The molecule has 114 valence electrons. The zero-order chi connectivity index (χ0) is 15.4. The molecule has 0 heterocycles. The van der Waals surface area contributed by atoms with Crippen LogP contribution in [0.1, 0.15) is 31.9 Å². The summed E-state index contributed by atoms with van der Waals surface area (Å²) >= 11 is 1.85. The first-order chi connectivity index (χ1) is 9.12. The molecule has 0 amide bonds. The van der Waals surface area contributed by atoms with Crippen LogP contribution in [-0.2, 0) is 12.6 Å². The standard InChI is InChI=1S/C15H22F3NS/c1-14(2,3)20-10-13(19-4)9-11-5-7-12(8-6-11)15(16,17)18/h5-8,13,19H,9-10H2,1-4H3. The second-order valence-electron chi connectivity index (χ2n) is 5.81. The molecule has 0 saturated carbocycles. The number of nitrogens with one attached hydrogen (secondary N) is 1. The van der Waals surface area contributed by atoms with E-state index in [9.17, 15) is 13.2 Å². The minimum atomic E-state index is -4.26. The van der Waals surface area contributed by atoms with Crippen LogP contribution in [0.5, 0.6) is 0 Å². The molecule has 1 atom stereocenters. The molecule has 1 N–H and O–H groups in total. The summed E-state index contributed by atoms with van der Waals surface area (Å²) in [7, 11) is 1.89. The number of halogens is 3. The third kappa shape index (κ3) is 6.18. The molecule has 1 unspecified atom stereocenters. The normalized spacial score (nSPS) is 14.3. The summed E-state index contributed by atoms with van der Waals surface area (Å²) in [5.74, 6) is 0.932. The van der Waals surface area contributed by atoms with Crippen LogP contribution in [-0.4, -0.2) is 23.6 Å². The molecule has 1 nitrogen and oxygen atoms in total. The highest BCUT2D eigenvalue weighted by atomic mass is 32.2. The molecular formula is C15H22F3NS. The van der Waals surface area contributed by atoms with Gasteiger partial charge in [0.2, 0.25) is 0 Å². The van der Waals surface area contributed by atoms with Gasteiger partial charge in [0.1, 0.15) is 0 Å². The molecule has 5 heteroatoms. The second kappa shape index (κ2) is 6.85. The smallest absolute Gasteiger partial charge is 0.316 e. The van der Waals surface area contributed by atoms with E-state index >= 15 is 0 Å². The number of alkyl halides is 3. The number of hydrogen-bond donors (Lipinski definition) is 1. The Morgan fingerprint density at radius 1 is 1.10 bits per heavy atom. The Hall–Kier alpha value is -0.680. The van der Waals surface area contributed by atoms with Crippen LogP contribution in [0, 0.1) is 0 Å². The van der Waals surface area contributed by atoms with Crippen molar-refractivity contribution in [2.45, 2.75) is 44.2 Å². The second-order valence-corrected chi connectivity index (χ2v) is 7.65. The van der Waals surface area contributed by atoms with Crippen LogP contribution in [0.4, 0.5) is 13.2 Å². The molecule has 0 aliphatic heterocycles. The number of rotatable bonds is 5. The highest BCUT2D eigenvalue weighted by molar-refractivity contribution is 8.00. The third-order valence-electron chi connectivity index (χ3n) is 2.89. The zero-order valence-corrected chi connectivity index (χ0v) is 13.2. The third-order valence-corrected chi connectivity index (χ3v) is 4.32. The first-order valence-electron chi connectivity index (χ1n) is 6.59. The molecule has 0 saturated heterocycles. The maximum absolute atomic E-state index is 12.5. The van der Waals surface area contributed by atoms with Crippen LogP contribution in [0.3, 0.4) is 0 Å². The largest absolute Gasteiger partial charge is 0.416 e. The summed E-state index contributed by atoms with van der Waals surface area (Å²) in [6.07, 6.45) is -3.53. The van der Waals surface area contributed by atoms with Crippen LogP contribution < -0.4 is 5.32 Å². The van der Waals surface area contributed by atoms with Gasteiger partial charge in [0, 0.05) is 16.5 Å².